The first-order valence-electron chi connectivity index (χ1n) is 6.58. The first-order chi connectivity index (χ1) is 9.04. The van der Waals surface area contributed by atoms with Crippen molar-refractivity contribution in [1.82, 2.24) is 0 Å². The van der Waals surface area contributed by atoms with Gasteiger partial charge in [-0.05, 0) is 30.5 Å². The van der Waals surface area contributed by atoms with Crippen molar-refractivity contribution in [1.29, 1.82) is 0 Å². The standard InChI is InChI=1S/C15H23NO3/c1-4-15(16,5-2)11-19-10-12-6-8-13(9-7-12)14(17)18-3/h6-9H,4-5,10-11,16H2,1-3H3. The molecule has 0 saturated heterocycles. The minimum Gasteiger partial charge on any atom is -0.465 e. The lowest BCUT2D eigenvalue weighted by Crippen LogP contribution is -2.43. The number of rotatable bonds is 7. The van der Waals surface area contributed by atoms with E-state index < -0.39 is 0 Å². The van der Waals surface area contributed by atoms with Gasteiger partial charge in [0.05, 0.1) is 25.9 Å². The second kappa shape index (κ2) is 7.26. The van der Waals surface area contributed by atoms with Crippen molar-refractivity contribution >= 4 is 5.97 Å². The Morgan fingerprint density at radius 3 is 2.26 bits per heavy atom. The van der Waals surface area contributed by atoms with E-state index in [2.05, 4.69) is 18.6 Å². The van der Waals surface area contributed by atoms with Gasteiger partial charge in [-0.25, -0.2) is 4.79 Å². The quantitative estimate of drug-likeness (QED) is 0.769. The van der Waals surface area contributed by atoms with E-state index in [0.29, 0.717) is 18.8 Å². The molecule has 0 aliphatic carbocycles. The summed E-state index contributed by atoms with van der Waals surface area (Å²) in [7, 11) is 1.37. The van der Waals surface area contributed by atoms with Crippen LogP contribution in [0.5, 0.6) is 0 Å². The van der Waals surface area contributed by atoms with E-state index in [4.69, 9.17) is 10.5 Å². The van der Waals surface area contributed by atoms with Crippen LogP contribution < -0.4 is 5.73 Å². The number of hydrogen-bond donors (Lipinski definition) is 1. The van der Waals surface area contributed by atoms with Crippen LogP contribution in [-0.4, -0.2) is 25.2 Å². The lowest BCUT2D eigenvalue weighted by molar-refractivity contribution is 0.0600. The summed E-state index contributed by atoms with van der Waals surface area (Å²) in [4.78, 5) is 11.3. The van der Waals surface area contributed by atoms with Crippen LogP contribution in [0.1, 0.15) is 42.6 Å². The van der Waals surface area contributed by atoms with Crippen LogP contribution in [0, 0.1) is 0 Å². The summed E-state index contributed by atoms with van der Waals surface area (Å²) in [5, 5.41) is 0. The average Bonchev–Trinajstić information content (AvgIpc) is 2.47. The van der Waals surface area contributed by atoms with Gasteiger partial charge in [0.25, 0.3) is 0 Å². The molecular weight excluding hydrogens is 242 g/mol. The minimum atomic E-state index is -0.328. The summed E-state index contributed by atoms with van der Waals surface area (Å²) < 4.78 is 10.3. The first kappa shape index (κ1) is 15.7. The summed E-state index contributed by atoms with van der Waals surface area (Å²) in [6, 6.07) is 7.20. The Labute approximate surface area is 114 Å². The number of esters is 1. The Bertz CT molecular complexity index is 396. The summed E-state index contributed by atoms with van der Waals surface area (Å²) in [6.45, 7) is 5.18. The zero-order valence-corrected chi connectivity index (χ0v) is 11.9. The minimum absolute atomic E-state index is 0.244. The van der Waals surface area contributed by atoms with Crippen molar-refractivity contribution in [2.45, 2.75) is 38.8 Å². The van der Waals surface area contributed by atoms with Crippen molar-refractivity contribution in [3.05, 3.63) is 35.4 Å². The van der Waals surface area contributed by atoms with Gasteiger partial charge in [-0.2, -0.15) is 0 Å². The molecule has 2 N–H and O–H groups in total. The molecule has 0 fully saturated rings. The fraction of sp³-hybridized carbons (Fsp3) is 0.533. The molecule has 4 nitrogen and oxygen atoms in total. The molecule has 0 radical (unpaired) electrons. The summed E-state index contributed by atoms with van der Waals surface area (Å²) in [5.41, 5.74) is 7.47. The lowest BCUT2D eigenvalue weighted by Gasteiger charge is -2.26. The fourth-order valence-electron chi connectivity index (χ4n) is 1.68. The Morgan fingerprint density at radius 1 is 1.21 bits per heavy atom. The molecular formula is C15H23NO3. The van der Waals surface area contributed by atoms with Gasteiger partial charge >= 0.3 is 5.97 Å². The molecule has 19 heavy (non-hydrogen) atoms. The Morgan fingerprint density at radius 2 is 1.79 bits per heavy atom. The van der Waals surface area contributed by atoms with Gasteiger partial charge in [0.2, 0.25) is 0 Å². The highest BCUT2D eigenvalue weighted by atomic mass is 16.5. The number of ether oxygens (including phenoxy) is 2. The van der Waals surface area contributed by atoms with Crippen LogP contribution in [0.2, 0.25) is 0 Å². The molecule has 0 atom stereocenters. The molecule has 0 aromatic heterocycles. The third kappa shape index (κ3) is 4.65. The van der Waals surface area contributed by atoms with E-state index in [1.165, 1.54) is 7.11 Å². The summed E-state index contributed by atoms with van der Waals surface area (Å²) in [6.07, 6.45) is 1.79. The first-order valence-corrected chi connectivity index (χ1v) is 6.58. The average molecular weight is 265 g/mol. The van der Waals surface area contributed by atoms with Crippen LogP contribution in [0.15, 0.2) is 24.3 Å². The predicted octanol–water partition coefficient (Wildman–Crippen LogP) is 2.51. The molecule has 4 heteroatoms. The molecule has 0 heterocycles. The van der Waals surface area contributed by atoms with Crippen molar-refractivity contribution in [3.63, 3.8) is 0 Å². The number of benzene rings is 1. The molecule has 0 aliphatic heterocycles. The Balaban J connectivity index is 2.48. The molecule has 1 aromatic rings. The number of carbonyl (C=O) groups is 1. The highest BCUT2D eigenvalue weighted by Crippen LogP contribution is 2.13. The van der Waals surface area contributed by atoms with Gasteiger partial charge in [0.1, 0.15) is 0 Å². The highest BCUT2D eigenvalue weighted by Gasteiger charge is 2.20. The summed E-state index contributed by atoms with van der Waals surface area (Å²) >= 11 is 0. The maximum atomic E-state index is 11.3. The Hall–Kier alpha value is -1.39. The van der Waals surface area contributed by atoms with Crippen LogP contribution >= 0.6 is 0 Å². The number of nitrogens with two attached hydrogens (primary N) is 1. The van der Waals surface area contributed by atoms with E-state index in [1.54, 1.807) is 12.1 Å². The molecule has 0 unspecified atom stereocenters. The number of hydrogen-bond acceptors (Lipinski definition) is 4. The maximum Gasteiger partial charge on any atom is 0.337 e. The third-order valence-electron chi connectivity index (χ3n) is 3.44. The van der Waals surface area contributed by atoms with Crippen molar-refractivity contribution in [2.24, 2.45) is 5.73 Å². The van der Waals surface area contributed by atoms with Crippen molar-refractivity contribution in [2.75, 3.05) is 13.7 Å². The maximum absolute atomic E-state index is 11.3. The second-order valence-corrected chi connectivity index (χ2v) is 4.75. The van der Waals surface area contributed by atoms with Crippen LogP contribution in [-0.2, 0) is 16.1 Å². The molecule has 0 spiro atoms. The molecule has 0 amide bonds. The zero-order valence-electron chi connectivity index (χ0n) is 11.9. The van der Waals surface area contributed by atoms with E-state index in [0.717, 1.165) is 18.4 Å². The van der Waals surface area contributed by atoms with E-state index in [9.17, 15) is 4.79 Å². The fourth-order valence-corrected chi connectivity index (χ4v) is 1.68. The third-order valence-corrected chi connectivity index (χ3v) is 3.44. The van der Waals surface area contributed by atoms with Crippen LogP contribution in [0.4, 0.5) is 0 Å². The van der Waals surface area contributed by atoms with Gasteiger partial charge in [-0.15, -0.1) is 0 Å². The Kier molecular flexibility index (Phi) is 5.99. The second-order valence-electron chi connectivity index (χ2n) is 4.75. The normalized spacial score (nSPS) is 11.4. The van der Waals surface area contributed by atoms with E-state index >= 15 is 0 Å². The number of carbonyl (C=O) groups excluding carboxylic acids is 1. The highest BCUT2D eigenvalue weighted by molar-refractivity contribution is 5.89. The van der Waals surface area contributed by atoms with Gasteiger partial charge in [-0.1, -0.05) is 26.0 Å². The van der Waals surface area contributed by atoms with E-state index in [1.807, 2.05) is 12.1 Å². The van der Waals surface area contributed by atoms with Gasteiger partial charge in [0, 0.05) is 5.54 Å². The van der Waals surface area contributed by atoms with E-state index in [-0.39, 0.29) is 11.5 Å². The van der Waals surface area contributed by atoms with Crippen molar-refractivity contribution in [3.8, 4) is 0 Å². The SMILES string of the molecule is CCC(N)(CC)COCc1ccc(C(=O)OC)cc1. The molecule has 0 bridgehead atoms. The lowest BCUT2D eigenvalue weighted by atomic mass is 9.96. The number of methoxy groups -OCH3 is 1. The molecule has 0 aliphatic rings. The predicted molar refractivity (Wildman–Crippen MR) is 74.9 cm³/mol. The smallest absolute Gasteiger partial charge is 0.337 e. The summed E-state index contributed by atoms with van der Waals surface area (Å²) in [5.74, 6) is -0.328. The van der Waals surface area contributed by atoms with Gasteiger partial charge in [-0.3, -0.25) is 0 Å². The molecule has 1 aromatic carbocycles. The topological polar surface area (TPSA) is 61.5 Å². The monoisotopic (exact) mass is 265 g/mol. The molecule has 0 saturated carbocycles. The van der Waals surface area contributed by atoms with Crippen molar-refractivity contribution < 1.29 is 14.3 Å². The van der Waals surface area contributed by atoms with Crippen LogP contribution in [0.25, 0.3) is 0 Å². The largest absolute Gasteiger partial charge is 0.465 e. The molecule has 1 rings (SSSR count). The van der Waals surface area contributed by atoms with Crippen LogP contribution in [0.3, 0.4) is 0 Å². The zero-order chi connectivity index (χ0) is 14.3. The van der Waals surface area contributed by atoms with Gasteiger partial charge < -0.3 is 15.2 Å². The van der Waals surface area contributed by atoms with Gasteiger partial charge in [0.15, 0.2) is 0 Å². The molecule has 106 valence electrons.